The molecule has 0 aromatic heterocycles. The molecule has 0 unspecified atom stereocenters. The Balaban J connectivity index is 1.18. The first-order chi connectivity index (χ1) is 25.3. The Labute approximate surface area is 308 Å². The van der Waals surface area contributed by atoms with Crippen LogP contribution in [-0.4, -0.2) is 16.1 Å². The maximum atomic E-state index is 2.38. The molecule has 0 saturated carbocycles. The van der Waals surface area contributed by atoms with Gasteiger partial charge in [0.25, 0.3) is 0 Å². The summed E-state index contributed by atoms with van der Waals surface area (Å²) in [5.41, 5.74) is 0. The van der Waals surface area contributed by atoms with Crippen molar-refractivity contribution in [2.75, 3.05) is 0 Å². The summed E-state index contributed by atoms with van der Waals surface area (Å²) >= 11 is 1.83. The molecule has 0 aliphatic carbocycles. The third kappa shape index (κ3) is 6.14. The quantitative estimate of drug-likeness (QED) is 0.115. The largest absolute Gasteiger partial charge is 0.179 e. The fraction of sp³-hybridized carbons (Fsp3) is 0. The van der Waals surface area contributed by atoms with Crippen molar-refractivity contribution in [3.63, 3.8) is 0 Å². The van der Waals surface area contributed by atoms with Crippen molar-refractivity contribution in [2.45, 2.75) is 9.79 Å². The molecule has 0 heterocycles. The Morgan fingerprint density at radius 1 is 0.196 bits per heavy atom. The first-order valence-corrected chi connectivity index (χ1v) is 22.3. The van der Waals surface area contributed by atoms with Gasteiger partial charge in [0.1, 0.15) is 0 Å². The van der Waals surface area contributed by atoms with Gasteiger partial charge in [0, 0.05) is 9.79 Å². The van der Waals surface area contributed by atoms with Crippen LogP contribution in [-0.2, 0) is 0 Å². The van der Waals surface area contributed by atoms with Crippen LogP contribution in [0.15, 0.2) is 240 Å². The fourth-order valence-electron chi connectivity index (χ4n) is 7.81. The lowest BCUT2D eigenvalue weighted by Gasteiger charge is -2.34. The molecule has 0 radical (unpaired) electrons. The molecule has 0 fully saturated rings. The van der Waals surface area contributed by atoms with Crippen molar-refractivity contribution >= 4 is 69.4 Å². The van der Waals surface area contributed by atoms with Crippen LogP contribution < -0.4 is 41.5 Å². The molecule has 0 bridgehead atoms. The molecule has 0 saturated heterocycles. The summed E-state index contributed by atoms with van der Waals surface area (Å²) < 4.78 is 0. The summed E-state index contributed by atoms with van der Waals surface area (Å²) in [6.07, 6.45) is 0. The number of hydrogen-bond acceptors (Lipinski definition) is 1. The third-order valence-electron chi connectivity index (χ3n) is 10.1. The molecular formula is C48H38SSi2. The molecule has 0 aliphatic heterocycles. The molecular weight excluding hydrogens is 665 g/mol. The van der Waals surface area contributed by atoms with E-state index in [0.717, 1.165) is 0 Å². The van der Waals surface area contributed by atoms with Gasteiger partial charge in [0.05, 0.1) is 0 Å². The van der Waals surface area contributed by atoms with Gasteiger partial charge in [-0.1, -0.05) is 218 Å². The van der Waals surface area contributed by atoms with E-state index in [0.29, 0.717) is 0 Å². The van der Waals surface area contributed by atoms with E-state index in [4.69, 9.17) is 0 Å². The van der Waals surface area contributed by atoms with Gasteiger partial charge >= 0.3 is 0 Å². The Morgan fingerprint density at radius 3 is 0.569 bits per heavy atom. The maximum Gasteiger partial charge on any atom is 0.179 e. The first kappa shape index (κ1) is 32.7. The molecule has 0 N–H and O–H groups in total. The van der Waals surface area contributed by atoms with Crippen LogP contribution in [0, 0.1) is 0 Å². The Morgan fingerprint density at radius 2 is 0.373 bits per heavy atom. The molecule has 0 spiro atoms. The number of benzene rings is 8. The first-order valence-electron chi connectivity index (χ1n) is 17.5. The summed E-state index contributed by atoms with van der Waals surface area (Å²) in [7, 11) is -5.09. The lowest BCUT2D eigenvalue weighted by atomic mass is 10.3. The number of rotatable bonds is 10. The van der Waals surface area contributed by atoms with E-state index in [1.54, 1.807) is 0 Å². The van der Waals surface area contributed by atoms with Crippen LogP contribution in [0.3, 0.4) is 0 Å². The van der Waals surface area contributed by atoms with E-state index < -0.39 is 16.1 Å². The van der Waals surface area contributed by atoms with Crippen molar-refractivity contribution in [3.8, 4) is 0 Å². The predicted molar refractivity (Wildman–Crippen MR) is 224 cm³/mol. The van der Waals surface area contributed by atoms with Crippen LogP contribution in [0.5, 0.6) is 0 Å². The smallest absolute Gasteiger partial charge is 0.0901 e. The van der Waals surface area contributed by atoms with Crippen molar-refractivity contribution in [3.05, 3.63) is 231 Å². The van der Waals surface area contributed by atoms with Gasteiger partial charge in [-0.25, -0.2) is 0 Å². The SMILES string of the molecule is c1ccc([Si](c2ccccc2)(c2ccccc2)c2ccc(Sc3ccc([Si](c4ccccc4)(c4ccccc4)c4ccccc4)cc3)cc2)cc1. The zero-order valence-electron chi connectivity index (χ0n) is 28.3. The Kier molecular flexibility index (Phi) is 9.50. The van der Waals surface area contributed by atoms with Gasteiger partial charge in [-0.3, -0.25) is 0 Å². The van der Waals surface area contributed by atoms with E-state index in [-0.39, 0.29) is 0 Å². The Hall–Kier alpha value is -5.46. The normalized spacial score (nSPS) is 11.6. The van der Waals surface area contributed by atoms with E-state index in [1.807, 2.05) is 11.8 Å². The average molecular weight is 703 g/mol. The lowest BCUT2D eigenvalue weighted by Crippen LogP contribution is -2.74. The van der Waals surface area contributed by atoms with Gasteiger partial charge in [-0.15, -0.1) is 0 Å². The molecule has 8 rings (SSSR count). The van der Waals surface area contributed by atoms with Crippen molar-refractivity contribution in [1.29, 1.82) is 0 Å². The zero-order valence-corrected chi connectivity index (χ0v) is 31.2. The summed E-state index contributed by atoms with van der Waals surface area (Å²) in [6.45, 7) is 0. The van der Waals surface area contributed by atoms with E-state index in [1.165, 1.54) is 51.3 Å². The van der Waals surface area contributed by atoms with Gasteiger partial charge in [0.15, 0.2) is 16.1 Å². The van der Waals surface area contributed by atoms with Crippen molar-refractivity contribution < 1.29 is 0 Å². The predicted octanol–water partition coefficient (Wildman–Crippen LogP) is 6.59. The summed E-state index contributed by atoms with van der Waals surface area (Å²) in [6, 6.07) is 85.6. The monoisotopic (exact) mass is 702 g/mol. The summed E-state index contributed by atoms with van der Waals surface area (Å²) in [5.74, 6) is 0. The van der Waals surface area contributed by atoms with Crippen LogP contribution >= 0.6 is 11.8 Å². The molecule has 0 aliphatic rings. The second kappa shape index (κ2) is 14.8. The molecule has 51 heavy (non-hydrogen) atoms. The fourth-order valence-corrected chi connectivity index (χ4v) is 18.1. The van der Waals surface area contributed by atoms with Crippen molar-refractivity contribution in [2.24, 2.45) is 0 Å². The van der Waals surface area contributed by atoms with Gasteiger partial charge in [-0.2, -0.15) is 0 Å². The molecule has 0 atom stereocenters. The third-order valence-corrected chi connectivity index (χ3v) is 20.7. The molecule has 0 amide bonds. The van der Waals surface area contributed by atoms with Gasteiger partial charge < -0.3 is 0 Å². The second-order valence-electron chi connectivity index (χ2n) is 12.8. The van der Waals surface area contributed by atoms with Crippen LogP contribution in [0.4, 0.5) is 0 Å². The summed E-state index contributed by atoms with van der Waals surface area (Å²) in [5, 5.41) is 11.1. The molecule has 3 heteroatoms. The second-order valence-corrected chi connectivity index (χ2v) is 21.6. The van der Waals surface area contributed by atoms with Crippen LogP contribution in [0.1, 0.15) is 0 Å². The van der Waals surface area contributed by atoms with E-state index >= 15 is 0 Å². The topological polar surface area (TPSA) is 0 Å². The highest BCUT2D eigenvalue weighted by Crippen LogP contribution is 2.27. The minimum absolute atomic E-state index is 1.24. The van der Waals surface area contributed by atoms with Crippen LogP contribution in [0.2, 0.25) is 0 Å². The average Bonchev–Trinajstić information content (AvgIpc) is 3.22. The van der Waals surface area contributed by atoms with E-state index in [2.05, 4.69) is 231 Å². The Bertz CT molecular complexity index is 1920. The highest BCUT2D eigenvalue weighted by atomic mass is 32.2. The lowest BCUT2D eigenvalue weighted by molar-refractivity contribution is 1.42. The minimum atomic E-state index is -2.54. The van der Waals surface area contributed by atoms with Gasteiger partial charge in [-0.05, 0) is 65.8 Å². The van der Waals surface area contributed by atoms with Crippen molar-refractivity contribution in [1.82, 2.24) is 0 Å². The van der Waals surface area contributed by atoms with Gasteiger partial charge in [0.2, 0.25) is 0 Å². The standard InChI is InChI=1S/C48H38SSi2/c1-7-19-41(20-8-1)50(42-21-9-2-10-22-42,43-23-11-3-12-24-43)47-35-31-39(32-36-47)49-40-33-37-48(38-34-40)51(44-25-13-4-14-26-44,45-27-15-5-16-28-45)46-29-17-6-18-30-46/h1-38H. The summed E-state index contributed by atoms with van der Waals surface area (Å²) in [4.78, 5) is 2.47. The van der Waals surface area contributed by atoms with Crippen LogP contribution in [0.25, 0.3) is 0 Å². The zero-order chi connectivity index (χ0) is 34.4. The molecule has 244 valence electrons. The highest BCUT2D eigenvalue weighted by molar-refractivity contribution is 7.99. The number of hydrogen-bond donors (Lipinski definition) is 0. The minimum Gasteiger partial charge on any atom is -0.0901 e. The highest BCUT2D eigenvalue weighted by Gasteiger charge is 2.42. The van der Waals surface area contributed by atoms with E-state index in [9.17, 15) is 0 Å². The molecule has 8 aromatic rings. The molecule has 8 aromatic carbocycles. The maximum absolute atomic E-state index is 2.54. The molecule has 0 nitrogen and oxygen atoms in total.